The van der Waals surface area contributed by atoms with Crippen LogP contribution in [-0.4, -0.2) is 17.1 Å². The van der Waals surface area contributed by atoms with Gasteiger partial charge in [-0.25, -0.2) is 0 Å². The van der Waals surface area contributed by atoms with Gasteiger partial charge in [-0.1, -0.05) is 12.5 Å². The Hall–Kier alpha value is -0.190. The molecule has 0 unspecified atom stereocenters. The lowest BCUT2D eigenvalue weighted by Crippen LogP contribution is -2.36. The van der Waals surface area contributed by atoms with Gasteiger partial charge in [-0.2, -0.15) is 0 Å². The Bertz CT molecular complexity index is 434. The molecule has 0 bridgehead atoms. The van der Waals surface area contributed by atoms with Crippen molar-refractivity contribution in [1.29, 1.82) is 0 Å². The predicted octanol–water partition coefficient (Wildman–Crippen LogP) is 4.79. The molecule has 1 aromatic heterocycles. The number of nitrogens with one attached hydrogen (secondary N) is 1. The molecule has 1 aromatic rings. The SMILES string of the molecule is CCC(=Cc1ncc(Br)cc1Br)CNC(C)(C)C. The van der Waals surface area contributed by atoms with Crippen LogP contribution in [0.5, 0.6) is 0 Å². The second-order valence-electron chi connectivity index (χ2n) is 5.28. The lowest BCUT2D eigenvalue weighted by molar-refractivity contribution is 0.443. The average Bonchev–Trinajstić information content (AvgIpc) is 2.25. The van der Waals surface area contributed by atoms with Crippen LogP contribution in [-0.2, 0) is 0 Å². The first-order chi connectivity index (χ1) is 8.31. The number of hydrogen-bond donors (Lipinski definition) is 1. The second-order valence-corrected chi connectivity index (χ2v) is 7.05. The zero-order chi connectivity index (χ0) is 13.8. The zero-order valence-corrected chi connectivity index (χ0v) is 14.5. The van der Waals surface area contributed by atoms with E-state index in [9.17, 15) is 0 Å². The van der Waals surface area contributed by atoms with Gasteiger partial charge in [0, 0.05) is 27.2 Å². The molecule has 1 N–H and O–H groups in total. The fourth-order valence-electron chi connectivity index (χ4n) is 1.38. The van der Waals surface area contributed by atoms with Gasteiger partial charge >= 0.3 is 0 Å². The van der Waals surface area contributed by atoms with E-state index in [4.69, 9.17) is 0 Å². The first-order valence-electron chi connectivity index (χ1n) is 6.07. The normalized spacial score (nSPS) is 12.9. The van der Waals surface area contributed by atoms with Gasteiger partial charge < -0.3 is 5.32 Å². The third kappa shape index (κ3) is 5.63. The molecule has 0 spiro atoms. The molecule has 4 heteroatoms. The molecule has 1 heterocycles. The number of rotatable bonds is 4. The summed E-state index contributed by atoms with van der Waals surface area (Å²) in [4.78, 5) is 4.41. The van der Waals surface area contributed by atoms with Gasteiger partial charge in [0.2, 0.25) is 0 Å². The van der Waals surface area contributed by atoms with E-state index < -0.39 is 0 Å². The highest BCUT2D eigenvalue weighted by atomic mass is 79.9. The summed E-state index contributed by atoms with van der Waals surface area (Å²) in [7, 11) is 0. The molecule has 0 aliphatic carbocycles. The lowest BCUT2D eigenvalue weighted by Gasteiger charge is -2.21. The Labute approximate surface area is 127 Å². The van der Waals surface area contributed by atoms with Crippen molar-refractivity contribution < 1.29 is 0 Å². The highest BCUT2D eigenvalue weighted by molar-refractivity contribution is 9.11. The minimum absolute atomic E-state index is 0.138. The van der Waals surface area contributed by atoms with Gasteiger partial charge in [0.25, 0.3) is 0 Å². The summed E-state index contributed by atoms with van der Waals surface area (Å²) < 4.78 is 2.00. The smallest absolute Gasteiger partial charge is 0.0772 e. The van der Waals surface area contributed by atoms with Crippen LogP contribution in [0.4, 0.5) is 0 Å². The number of aromatic nitrogens is 1. The van der Waals surface area contributed by atoms with E-state index in [1.807, 2.05) is 12.3 Å². The topological polar surface area (TPSA) is 24.9 Å². The number of pyridine rings is 1. The number of hydrogen-bond acceptors (Lipinski definition) is 2. The van der Waals surface area contributed by atoms with Gasteiger partial charge in [-0.15, -0.1) is 0 Å². The Morgan fingerprint density at radius 3 is 2.56 bits per heavy atom. The molecule has 2 nitrogen and oxygen atoms in total. The van der Waals surface area contributed by atoms with E-state index in [2.05, 4.69) is 75.9 Å². The second kappa shape index (κ2) is 6.83. The summed E-state index contributed by atoms with van der Waals surface area (Å²) in [5, 5.41) is 3.50. The molecule has 0 saturated heterocycles. The van der Waals surface area contributed by atoms with Crippen molar-refractivity contribution >= 4 is 37.9 Å². The van der Waals surface area contributed by atoms with E-state index in [1.54, 1.807) is 0 Å². The number of nitrogens with zero attached hydrogens (tertiary/aromatic N) is 1. The summed E-state index contributed by atoms with van der Waals surface area (Å²) in [5.41, 5.74) is 2.46. The molecule has 0 aliphatic rings. The molecule has 0 fully saturated rings. The van der Waals surface area contributed by atoms with Gasteiger partial charge in [-0.05, 0) is 71.2 Å². The van der Waals surface area contributed by atoms with Crippen LogP contribution in [0.1, 0.15) is 39.8 Å². The van der Waals surface area contributed by atoms with Crippen molar-refractivity contribution in [2.24, 2.45) is 0 Å². The fraction of sp³-hybridized carbons (Fsp3) is 0.500. The molecular formula is C14H20Br2N2. The van der Waals surface area contributed by atoms with Crippen molar-refractivity contribution in [3.05, 3.63) is 32.5 Å². The number of halogens is 2. The fourth-order valence-corrected chi connectivity index (χ4v) is 2.48. The average molecular weight is 376 g/mol. The molecule has 0 amide bonds. The minimum Gasteiger partial charge on any atom is -0.308 e. The van der Waals surface area contributed by atoms with Crippen LogP contribution in [0.15, 0.2) is 26.8 Å². The van der Waals surface area contributed by atoms with E-state index >= 15 is 0 Å². The molecule has 0 radical (unpaired) electrons. The monoisotopic (exact) mass is 374 g/mol. The van der Waals surface area contributed by atoms with Gasteiger partial charge in [0.15, 0.2) is 0 Å². The van der Waals surface area contributed by atoms with E-state index in [-0.39, 0.29) is 5.54 Å². The van der Waals surface area contributed by atoms with Crippen LogP contribution in [0.25, 0.3) is 6.08 Å². The summed E-state index contributed by atoms with van der Waals surface area (Å²) in [6, 6.07) is 2.02. The van der Waals surface area contributed by atoms with Gasteiger partial charge in [0.05, 0.1) is 5.69 Å². The lowest BCUT2D eigenvalue weighted by atomic mass is 10.1. The predicted molar refractivity (Wildman–Crippen MR) is 85.7 cm³/mol. The first kappa shape index (κ1) is 15.9. The van der Waals surface area contributed by atoms with Crippen LogP contribution < -0.4 is 5.32 Å². The maximum absolute atomic E-state index is 4.41. The third-order valence-electron chi connectivity index (χ3n) is 2.48. The Morgan fingerprint density at radius 2 is 2.06 bits per heavy atom. The van der Waals surface area contributed by atoms with Crippen molar-refractivity contribution in [2.75, 3.05) is 6.54 Å². The van der Waals surface area contributed by atoms with Gasteiger partial charge in [0.1, 0.15) is 0 Å². The highest BCUT2D eigenvalue weighted by Gasteiger charge is 2.09. The third-order valence-corrected chi connectivity index (χ3v) is 3.55. The van der Waals surface area contributed by atoms with Crippen LogP contribution in [0.3, 0.4) is 0 Å². The standard InChI is InChI=1S/C14H20Br2N2/c1-5-10(8-18-14(2,3)4)6-13-12(16)7-11(15)9-17-13/h6-7,9,18H,5,8H2,1-4H3. The Morgan fingerprint density at radius 1 is 1.39 bits per heavy atom. The van der Waals surface area contributed by atoms with E-state index in [0.29, 0.717) is 0 Å². The molecule has 0 atom stereocenters. The van der Waals surface area contributed by atoms with Crippen molar-refractivity contribution in [1.82, 2.24) is 10.3 Å². The molecule has 0 aromatic carbocycles. The van der Waals surface area contributed by atoms with Crippen molar-refractivity contribution in [3.8, 4) is 0 Å². The van der Waals surface area contributed by atoms with E-state index in [1.165, 1.54) is 5.57 Å². The largest absolute Gasteiger partial charge is 0.308 e. The molecule has 0 aliphatic heterocycles. The zero-order valence-electron chi connectivity index (χ0n) is 11.3. The van der Waals surface area contributed by atoms with Crippen LogP contribution in [0.2, 0.25) is 0 Å². The highest BCUT2D eigenvalue weighted by Crippen LogP contribution is 2.22. The Balaban J connectivity index is 2.84. The quantitative estimate of drug-likeness (QED) is 0.818. The first-order valence-corrected chi connectivity index (χ1v) is 7.66. The molecule has 1 rings (SSSR count). The molecular weight excluding hydrogens is 356 g/mol. The maximum atomic E-state index is 4.41. The van der Waals surface area contributed by atoms with Crippen LogP contribution >= 0.6 is 31.9 Å². The molecule has 0 saturated carbocycles. The molecule has 18 heavy (non-hydrogen) atoms. The Kier molecular flexibility index (Phi) is 6.02. The summed E-state index contributed by atoms with van der Waals surface area (Å²) in [6.07, 6.45) is 4.99. The summed E-state index contributed by atoms with van der Waals surface area (Å²) in [6.45, 7) is 9.59. The van der Waals surface area contributed by atoms with E-state index in [0.717, 1.165) is 27.6 Å². The summed E-state index contributed by atoms with van der Waals surface area (Å²) in [5.74, 6) is 0. The van der Waals surface area contributed by atoms with Crippen molar-refractivity contribution in [3.63, 3.8) is 0 Å². The van der Waals surface area contributed by atoms with Gasteiger partial charge in [-0.3, -0.25) is 4.98 Å². The minimum atomic E-state index is 0.138. The van der Waals surface area contributed by atoms with Crippen LogP contribution in [0, 0.1) is 0 Å². The molecule has 100 valence electrons. The van der Waals surface area contributed by atoms with Crippen molar-refractivity contribution in [2.45, 2.75) is 39.7 Å². The maximum Gasteiger partial charge on any atom is 0.0772 e. The summed E-state index contributed by atoms with van der Waals surface area (Å²) >= 11 is 6.95.